The van der Waals surface area contributed by atoms with Gasteiger partial charge >= 0.3 is 0 Å². The molecule has 0 aliphatic rings. The van der Waals surface area contributed by atoms with E-state index in [4.69, 9.17) is 0 Å². The third kappa shape index (κ3) is 3.36. The van der Waals surface area contributed by atoms with E-state index in [1.54, 1.807) is 12.1 Å². The van der Waals surface area contributed by atoms with Gasteiger partial charge in [-0.25, -0.2) is 0 Å². The highest BCUT2D eigenvalue weighted by Crippen LogP contribution is 2.22. The molecule has 0 aliphatic heterocycles. The van der Waals surface area contributed by atoms with Gasteiger partial charge in [0.25, 0.3) is 0 Å². The van der Waals surface area contributed by atoms with Gasteiger partial charge < -0.3 is 0 Å². The van der Waals surface area contributed by atoms with E-state index in [9.17, 15) is 5.11 Å². The van der Waals surface area contributed by atoms with Gasteiger partial charge in [0, 0.05) is 0 Å². The maximum absolute atomic E-state index is 11.1. The standard InChI is InChI=1S/C17H19O/c1-2-3-4-5-14-6-8-15(9-7-14)16-10-12-17(18)13-11-16/h6-13H,2-5H2,1H3. The van der Waals surface area contributed by atoms with Crippen LogP contribution in [0.3, 0.4) is 0 Å². The summed E-state index contributed by atoms with van der Waals surface area (Å²) < 4.78 is 0. The SMILES string of the molecule is CCCCCc1ccc(-c2ccc([O])cc2)cc1. The van der Waals surface area contributed by atoms with E-state index in [1.165, 1.54) is 30.4 Å². The second-order valence-electron chi connectivity index (χ2n) is 4.68. The Hall–Kier alpha value is -1.76. The van der Waals surface area contributed by atoms with Gasteiger partial charge in [0.1, 0.15) is 0 Å². The molecule has 2 rings (SSSR count). The number of hydrogen-bond acceptors (Lipinski definition) is 0. The predicted octanol–water partition coefficient (Wildman–Crippen LogP) is 5.23. The first kappa shape index (κ1) is 12.7. The van der Waals surface area contributed by atoms with Crippen molar-refractivity contribution >= 4 is 0 Å². The fraction of sp³-hybridized carbons (Fsp3) is 0.294. The summed E-state index contributed by atoms with van der Waals surface area (Å²) in [4.78, 5) is 0. The molecule has 0 heterocycles. The van der Waals surface area contributed by atoms with E-state index < -0.39 is 0 Å². The highest BCUT2D eigenvalue weighted by Gasteiger charge is 1.99. The molecule has 0 N–H and O–H groups in total. The Balaban J connectivity index is 2.05. The summed E-state index contributed by atoms with van der Waals surface area (Å²) in [5.74, 6) is 0.0648. The van der Waals surface area contributed by atoms with Crippen LogP contribution >= 0.6 is 0 Å². The number of rotatable bonds is 5. The van der Waals surface area contributed by atoms with Crippen LogP contribution in [-0.4, -0.2) is 0 Å². The van der Waals surface area contributed by atoms with Crippen LogP contribution in [0.4, 0.5) is 0 Å². The van der Waals surface area contributed by atoms with Gasteiger partial charge in [0.2, 0.25) is 0 Å². The van der Waals surface area contributed by atoms with Crippen molar-refractivity contribution < 1.29 is 5.11 Å². The molecule has 0 saturated carbocycles. The summed E-state index contributed by atoms with van der Waals surface area (Å²) in [5, 5.41) is 11.1. The molecular formula is C17H19O. The van der Waals surface area contributed by atoms with Crippen LogP contribution in [0.15, 0.2) is 48.5 Å². The van der Waals surface area contributed by atoms with Crippen LogP contribution in [0.25, 0.3) is 11.1 Å². The van der Waals surface area contributed by atoms with Crippen LogP contribution in [0.2, 0.25) is 0 Å². The molecule has 0 fully saturated rings. The first-order valence-electron chi connectivity index (χ1n) is 6.66. The average molecular weight is 239 g/mol. The number of unbranched alkanes of at least 4 members (excludes halogenated alkanes) is 2. The van der Waals surface area contributed by atoms with Crippen molar-refractivity contribution in [3.05, 3.63) is 54.1 Å². The maximum Gasteiger partial charge on any atom is 0.178 e. The third-order valence-corrected chi connectivity index (χ3v) is 3.21. The zero-order chi connectivity index (χ0) is 12.8. The smallest absolute Gasteiger partial charge is 0.178 e. The molecule has 0 atom stereocenters. The zero-order valence-corrected chi connectivity index (χ0v) is 10.9. The molecule has 2 aromatic carbocycles. The lowest BCUT2D eigenvalue weighted by atomic mass is 10.0. The summed E-state index contributed by atoms with van der Waals surface area (Å²) in [6, 6.07) is 15.7. The molecular weight excluding hydrogens is 220 g/mol. The summed E-state index contributed by atoms with van der Waals surface area (Å²) in [6.07, 6.45) is 4.99. The van der Waals surface area contributed by atoms with Crippen LogP contribution < -0.4 is 0 Å². The van der Waals surface area contributed by atoms with E-state index in [2.05, 4.69) is 31.2 Å². The minimum Gasteiger partial charge on any atom is -0.290 e. The second-order valence-corrected chi connectivity index (χ2v) is 4.68. The van der Waals surface area contributed by atoms with Crippen molar-refractivity contribution in [2.75, 3.05) is 0 Å². The molecule has 0 aromatic heterocycles. The van der Waals surface area contributed by atoms with E-state index in [-0.39, 0.29) is 5.75 Å². The molecule has 2 aromatic rings. The maximum atomic E-state index is 11.1. The fourth-order valence-corrected chi connectivity index (χ4v) is 2.09. The lowest BCUT2D eigenvalue weighted by molar-refractivity contribution is 0.355. The Kier molecular flexibility index (Phi) is 4.40. The third-order valence-electron chi connectivity index (χ3n) is 3.21. The summed E-state index contributed by atoms with van der Waals surface area (Å²) in [7, 11) is 0. The Labute approximate surface area is 109 Å². The molecule has 0 unspecified atom stereocenters. The summed E-state index contributed by atoms with van der Waals surface area (Å²) in [5.41, 5.74) is 3.68. The predicted molar refractivity (Wildman–Crippen MR) is 75.2 cm³/mol. The molecule has 0 bridgehead atoms. The first-order chi connectivity index (χ1) is 8.79. The van der Waals surface area contributed by atoms with E-state index in [0.29, 0.717) is 0 Å². The van der Waals surface area contributed by atoms with Crippen molar-refractivity contribution in [1.29, 1.82) is 0 Å². The topological polar surface area (TPSA) is 19.9 Å². The Morgan fingerprint density at radius 3 is 1.89 bits per heavy atom. The molecule has 1 nitrogen and oxygen atoms in total. The average Bonchev–Trinajstić information content (AvgIpc) is 2.41. The largest absolute Gasteiger partial charge is 0.290 e. The van der Waals surface area contributed by atoms with Crippen LogP contribution in [-0.2, 0) is 11.5 Å². The lowest BCUT2D eigenvalue weighted by Crippen LogP contribution is -1.85. The molecule has 0 aliphatic carbocycles. The van der Waals surface area contributed by atoms with Gasteiger partial charge in [0.15, 0.2) is 5.75 Å². The van der Waals surface area contributed by atoms with Crippen LogP contribution in [0.1, 0.15) is 31.7 Å². The molecule has 0 spiro atoms. The van der Waals surface area contributed by atoms with Crippen molar-refractivity contribution in [2.45, 2.75) is 32.6 Å². The zero-order valence-electron chi connectivity index (χ0n) is 10.9. The first-order valence-corrected chi connectivity index (χ1v) is 6.66. The van der Waals surface area contributed by atoms with Gasteiger partial charge in [-0.15, -0.1) is 0 Å². The number of hydrogen-bond donors (Lipinski definition) is 0. The van der Waals surface area contributed by atoms with E-state index in [1.807, 2.05) is 12.1 Å². The highest BCUT2D eigenvalue weighted by molar-refractivity contribution is 5.64. The molecule has 18 heavy (non-hydrogen) atoms. The second kappa shape index (κ2) is 6.25. The van der Waals surface area contributed by atoms with Crippen molar-refractivity contribution in [2.24, 2.45) is 0 Å². The van der Waals surface area contributed by atoms with E-state index >= 15 is 0 Å². The summed E-state index contributed by atoms with van der Waals surface area (Å²) >= 11 is 0. The van der Waals surface area contributed by atoms with Gasteiger partial charge in [-0.3, -0.25) is 5.11 Å². The van der Waals surface area contributed by atoms with Crippen molar-refractivity contribution in [3.8, 4) is 16.9 Å². The molecule has 93 valence electrons. The van der Waals surface area contributed by atoms with Crippen LogP contribution in [0, 0.1) is 0 Å². The Bertz CT molecular complexity index is 468. The lowest BCUT2D eigenvalue weighted by Gasteiger charge is -2.04. The monoisotopic (exact) mass is 239 g/mol. The Morgan fingerprint density at radius 2 is 1.33 bits per heavy atom. The number of aryl methyl sites for hydroxylation is 1. The fourth-order valence-electron chi connectivity index (χ4n) is 2.09. The Morgan fingerprint density at radius 1 is 0.778 bits per heavy atom. The van der Waals surface area contributed by atoms with Crippen molar-refractivity contribution in [1.82, 2.24) is 0 Å². The van der Waals surface area contributed by atoms with E-state index in [0.717, 1.165) is 12.0 Å². The summed E-state index contributed by atoms with van der Waals surface area (Å²) in [6.45, 7) is 2.22. The van der Waals surface area contributed by atoms with Gasteiger partial charge in [0.05, 0.1) is 0 Å². The number of benzene rings is 2. The van der Waals surface area contributed by atoms with Crippen molar-refractivity contribution in [3.63, 3.8) is 0 Å². The quantitative estimate of drug-likeness (QED) is 0.637. The normalized spacial score (nSPS) is 10.5. The molecule has 1 heteroatoms. The minimum atomic E-state index is 0.0648. The molecule has 0 amide bonds. The van der Waals surface area contributed by atoms with Gasteiger partial charge in [-0.2, -0.15) is 0 Å². The van der Waals surface area contributed by atoms with Crippen LogP contribution in [0.5, 0.6) is 5.75 Å². The van der Waals surface area contributed by atoms with Gasteiger partial charge in [-0.1, -0.05) is 56.2 Å². The molecule has 1 radical (unpaired) electrons. The minimum absolute atomic E-state index is 0.0648. The molecule has 0 saturated heterocycles. The highest BCUT2D eigenvalue weighted by atomic mass is 16.3. The van der Waals surface area contributed by atoms with Gasteiger partial charge in [-0.05, 0) is 41.7 Å².